The van der Waals surface area contributed by atoms with E-state index in [9.17, 15) is 14.7 Å². The van der Waals surface area contributed by atoms with E-state index in [1.807, 2.05) is 48.5 Å². The van der Waals surface area contributed by atoms with Gasteiger partial charge in [0.25, 0.3) is 0 Å². The van der Waals surface area contributed by atoms with Crippen LogP contribution in [0.25, 0.3) is 17.2 Å². The summed E-state index contributed by atoms with van der Waals surface area (Å²) in [6, 6.07) is 21.8. The third-order valence-electron chi connectivity index (χ3n) is 4.15. The molecule has 5 heteroatoms. The monoisotopic (exact) mass is 373 g/mol. The summed E-state index contributed by atoms with van der Waals surface area (Å²) < 4.78 is 5.49. The maximum atomic E-state index is 12.2. The molecule has 0 spiro atoms. The Bertz CT molecular complexity index is 1030. The fourth-order valence-corrected chi connectivity index (χ4v) is 2.79. The number of carbonyl (C=O) groups is 2. The van der Waals surface area contributed by atoms with Crippen molar-refractivity contribution < 1.29 is 19.4 Å². The number of para-hydroxylation sites is 1. The van der Waals surface area contributed by atoms with E-state index in [0.717, 1.165) is 16.7 Å². The van der Waals surface area contributed by atoms with Crippen LogP contribution in [-0.4, -0.2) is 24.1 Å². The number of nitrogens with one attached hydrogen (secondary N) is 1. The Morgan fingerprint density at radius 1 is 0.964 bits per heavy atom. The largest absolute Gasteiger partial charge is 0.496 e. The molecule has 0 aromatic heterocycles. The standard InChI is InChI=1S/C23H19NO4/c1-28-21-15-16(11-13-18(21)17-7-3-2-4-8-17)12-14-22(25)24-20-10-6-5-9-19(20)23(26)27/h2-15H,1H3,(H,24,25)(H,26,27). The van der Waals surface area contributed by atoms with Gasteiger partial charge in [-0.1, -0.05) is 54.6 Å². The molecule has 3 rings (SSSR count). The van der Waals surface area contributed by atoms with Crippen LogP contribution in [-0.2, 0) is 4.79 Å². The average Bonchev–Trinajstić information content (AvgIpc) is 2.73. The van der Waals surface area contributed by atoms with Crippen molar-refractivity contribution in [1.82, 2.24) is 0 Å². The molecule has 0 heterocycles. The highest BCUT2D eigenvalue weighted by Gasteiger charge is 2.10. The fraction of sp³-hybridized carbons (Fsp3) is 0.0435. The predicted octanol–water partition coefficient (Wildman–Crippen LogP) is 4.71. The van der Waals surface area contributed by atoms with Gasteiger partial charge < -0.3 is 15.2 Å². The van der Waals surface area contributed by atoms with Crippen LogP contribution in [0, 0.1) is 0 Å². The number of carboxylic acid groups (broad SMARTS) is 1. The second-order valence-electron chi connectivity index (χ2n) is 6.00. The van der Waals surface area contributed by atoms with Crippen molar-refractivity contribution in [2.24, 2.45) is 0 Å². The van der Waals surface area contributed by atoms with Crippen molar-refractivity contribution >= 4 is 23.6 Å². The van der Waals surface area contributed by atoms with Crippen molar-refractivity contribution in [3.8, 4) is 16.9 Å². The lowest BCUT2D eigenvalue weighted by Gasteiger charge is -2.10. The third-order valence-corrected chi connectivity index (χ3v) is 4.15. The molecule has 0 unspecified atom stereocenters. The molecule has 0 radical (unpaired) electrons. The zero-order chi connectivity index (χ0) is 19.9. The van der Waals surface area contributed by atoms with Gasteiger partial charge in [-0.15, -0.1) is 0 Å². The Morgan fingerprint density at radius 3 is 2.39 bits per heavy atom. The first-order valence-corrected chi connectivity index (χ1v) is 8.63. The molecule has 0 saturated carbocycles. The van der Waals surface area contributed by atoms with Crippen LogP contribution < -0.4 is 10.1 Å². The van der Waals surface area contributed by atoms with Crippen LogP contribution in [0.2, 0.25) is 0 Å². The number of aromatic carboxylic acids is 1. The highest BCUT2D eigenvalue weighted by Crippen LogP contribution is 2.31. The van der Waals surface area contributed by atoms with Gasteiger partial charge in [0, 0.05) is 11.6 Å². The molecule has 2 N–H and O–H groups in total. The van der Waals surface area contributed by atoms with Crippen molar-refractivity contribution in [3.63, 3.8) is 0 Å². The molecular formula is C23H19NO4. The predicted molar refractivity (Wildman–Crippen MR) is 109 cm³/mol. The Labute approximate surface area is 162 Å². The molecule has 0 fully saturated rings. The number of benzene rings is 3. The van der Waals surface area contributed by atoms with Crippen molar-refractivity contribution in [2.75, 3.05) is 12.4 Å². The number of rotatable bonds is 6. The summed E-state index contributed by atoms with van der Waals surface area (Å²) >= 11 is 0. The van der Waals surface area contributed by atoms with E-state index in [4.69, 9.17) is 4.74 Å². The summed E-state index contributed by atoms with van der Waals surface area (Å²) in [4.78, 5) is 23.4. The van der Waals surface area contributed by atoms with Gasteiger partial charge in [0.1, 0.15) is 5.75 Å². The number of amides is 1. The Balaban J connectivity index is 1.77. The van der Waals surface area contributed by atoms with Crippen LogP contribution >= 0.6 is 0 Å². The zero-order valence-electron chi connectivity index (χ0n) is 15.3. The lowest BCUT2D eigenvalue weighted by Crippen LogP contribution is -2.11. The molecule has 0 aliphatic heterocycles. The molecule has 5 nitrogen and oxygen atoms in total. The van der Waals surface area contributed by atoms with Crippen LogP contribution in [0.4, 0.5) is 5.69 Å². The van der Waals surface area contributed by atoms with Gasteiger partial charge in [0.05, 0.1) is 18.4 Å². The van der Waals surface area contributed by atoms with E-state index in [0.29, 0.717) is 5.75 Å². The quantitative estimate of drug-likeness (QED) is 0.614. The first-order valence-electron chi connectivity index (χ1n) is 8.63. The number of carbonyl (C=O) groups excluding carboxylic acids is 1. The maximum absolute atomic E-state index is 12.2. The number of methoxy groups -OCH3 is 1. The van der Waals surface area contributed by atoms with Gasteiger partial charge >= 0.3 is 5.97 Å². The molecule has 140 valence electrons. The number of hydrogen-bond acceptors (Lipinski definition) is 3. The smallest absolute Gasteiger partial charge is 0.337 e. The van der Waals surface area contributed by atoms with Crippen molar-refractivity contribution in [3.05, 3.63) is 90.0 Å². The van der Waals surface area contributed by atoms with E-state index < -0.39 is 11.9 Å². The number of anilines is 1. The van der Waals surface area contributed by atoms with E-state index in [-0.39, 0.29) is 11.3 Å². The summed E-state index contributed by atoms with van der Waals surface area (Å²) in [6.07, 6.45) is 3.01. The van der Waals surface area contributed by atoms with Crippen LogP contribution in [0.3, 0.4) is 0 Å². The average molecular weight is 373 g/mol. The lowest BCUT2D eigenvalue weighted by atomic mass is 10.0. The molecular weight excluding hydrogens is 354 g/mol. The molecule has 0 bridgehead atoms. The topological polar surface area (TPSA) is 75.6 Å². The van der Waals surface area contributed by atoms with Crippen molar-refractivity contribution in [1.29, 1.82) is 0 Å². The summed E-state index contributed by atoms with van der Waals surface area (Å²) in [5.74, 6) is -0.814. The molecule has 0 aliphatic carbocycles. The molecule has 3 aromatic rings. The van der Waals surface area contributed by atoms with E-state index in [2.05, 4.69) is 5.32 Å². The van der Waals surface area contributed by atoms with Gasteiger partial charge in [-0.2, -0.15) is 0 Å². The third kappa shape index (κ3) is 4.45. The summed E-state index contributed by atoms with van der Waals surface area (Å²) in [5, 5.41) is 11.8. The fourth-order valence-electron chi connectivity index (χ4n) is 2.79. The Hall–Kier alpha value is -3.86. The summed E-state index contributed by atoms with van der Waals surface area (Å²) in [6.45, 7) is 0. The highest BCUT2D eigenvalue weighted by molar-refractivity contribution is 6.06. The maximum Gasteiger partial charge on any atom is 0.337 e. The Kier molecular flexibility index (Phi) is 5.87. The van der Waals surface area contributed by atoms with Crippen molar-refractivity contribution in [2.45, 2.75) is 0 Å². The van der Waals surface area contributed by atoms with Crippen LogP contribution in [0.5, 0.6) is 5.75 Å². The van der Waals surface area contributed by atoms with E-state index in [1.54, 1.807) is 31.4 Å². The van der Waals surface area contributed by atoms with E-state index in [1.165, 1.54) is 12.1 Å². The lowest BCUT2D eigenvalue weighted by molar-refractivity contribution is -0.111. The highest BCUT2D eigenvalue weighted by atomic mass is 16.5. The second kappa shape index (κ2) is 8.68. The first-order chi connectivity index (χ1) is 13.6. The van der Waals surface area contributed by atoms with Gasteiger partial charge in [-0.3, -0.25) is 4.79 Å². The molecule has 1 amide bonds. The molecule has 0 atom stereocenters. The number of ether oxygens (including phenoxy) is 1. The number of hydrogen-bond donors (Lipinski definition) is 2. The number of carboxylic acids is 1. The molecule has 0 saturated heterocycles. The molecule has 0 aliphatic rings. The zero-order valence-corrected chi connectivity index (χ0v) is 15.3. The molecule has 28 heavy (non-hydrogen) atoms. The minimum absolute atomic E-state index is 0.0399. The minimum atomic E-state index is -1.10. The van der Waals surface area contributed by atoms with Gasteiger partial charge in [-0.05, 0) is 35.4 Å². The second-order valence-corrected chi connectivity index (χ2v) is 6.00. The van der Waals surface area contributed by atoms with Gasteiger partial charge in [0.2, 0.25) is 5.91 Å². The first kappa shape index (κ1) is 18.9. The SMILES string of the molecule is COc1cc(C=CC(=O)Nc2ccccc2C(=O)O)ccc1-c1ccccc1. The Morgan fingerprint density at radius 2 is 1.68 bits per heavy atom. The molecule has 3 aromatic carbocycles. The van der Waals surface area contributed by atoms with E-state index >= 15 is 0 Å². The minimum Gasteiger partial charge on any atom is -0.496 e. The summed E-state index contributed by atoms with van der Waals surface area (Å²) in [5.41, 5.74) is 3.08. The van der Waals surface area contributed by atoms with Gasteiger partial charge in [0.15, 0.2) is 0 Å². The summed E-state index contributed by atoms with van der Waals surface area (Å²) in [7, 11) is 1.60. The van der Waals surface area contributed by atoms with Crippen LogP contribution in [0.1, 0.15) is 15.9 Å². The van der Waals surface area contributed by atoms with Crippen LogP contribution in [0.15, 0.2) is 78.9 Å². The normalized spacial score (nSPS) is 10.6. The van der Waals surface area contributed by atoms with Gasteiger partial charge in [-0.25, -0.2) is 4.79 Å².